The summed E-state index contributed by atoms with van der Waals surface area (Å²) in [6, 6.07) is 11.5. The number of ketones is 3. The van der Waals surface area contributed by atoms with Gasteiger partial charge in [-0.25, -0.2) is 4.79 Å². The van der Waals surface area contributed by atoms with Crippen LogP contribution in [0.4, 0.5) is 18.9 Å². The highest BCUT2D eigenvalue weighted by Crippen LogP contribution is 2.41. The number of amides is 1. The van der Waals surface area contributed by atoms with Crippen LogP contribution in [0.25, 0.3) is 5.57 Å². The molecule has 86 heavy (non-hydrogen) atoms. The predicted molar refractivity (Wildman–Crippen MR) is 324 cm³/mol. The van der Waals surface area contributed by atoms with E-state index in [-0.39, 0.29) is 71.3 Å². The fourth-order valence-corrected chi connectivity index (χ4v) is 12.9. The number of Topliss-reactive ketones (excluding diaryl/α,β-unsaturated/α-hetero) is 3. The number of benzene rings is 2. The molecule has 1 amide bonds. The number of hydrogen-bond donors (Lipinski definition) is 5. The van der Waals surface area contributed by atoms with Crippen LogP contribution in [-0.4, -0.2) is 125 Å². The van der Waals surface area contributed by atoms with Gasteiger partial charge >= 0.3 is 12.1 Å². The smallest absolute Gasteiger partial charge is 0.417 e. The van der Waals surface area contributed by atoms with Gasteiger partial charge in [0.15, 0.2) is 5.78 Å². The van der Waals surface area contributed by atoms with Gasteiger partial charge in [-0.15, -0.1) is 0 Å². The number of nitrogens with one attached hydrogen (secondary N) is 1. The summed E-state index contributed by atoms with van der Waals surface area (Å²) in [6.07, 6.45) is 1.89. The number of alkyl halides is 3. The van der Waals surface area contributed by atoms with Crippen molar-refractivity contribution >= 4 is 52.2 Å². The van der Waals surface area contributed by atoms with E-state index in [9.17, 15) is 57.7 Å². The first-order chi connectivity index (χ1) is 40.6. The number of halogens is 3. The van der Waals surface area contributed by atoms with E-state index < -0.39 is 102 Å². The second kappa shape index (κ2) is 32.5. The highest BCUT2D eigenvalue weighted by molar-refractivity contribution is 8.03. The summed E-state index contributed by atoms with van der Waals surface area (Å²) < 4.78 is 65.5. The van der Waals surface area contributed by atoms with E-state index in [2.05, 4.69) is 5.32 Å². The van der Waals surface area contributed by atoms with Gasteiger partial charge in [-0.05, 0) is 145 Å². The third kappa shape index (κ3) is 18.9. The number of likely N-dealkylation sites (tertiary alicyclic amines) is 1. The number of piperidine rings is 1. The molecule has 0 radical (unpaired) electrons. The summed E-state index contributed by atoms with van der Waals surface area (Å²) in [4.78, 5) is 73.4. The molecule has 3 aliphatic rings. The maximum absolute atomic E-state index is 14.7. The molecule has 1 aliphatic carbocycles. The molecule has 2 saturated heterocycles. The fourth-order valence-electron chi connectivity index (χ4n) is 12.1. The predicted octanol–water partition coefficient (Wildman–Crippen LogP) is 11.1. The summed E-state index contributed by atoms with van der Waals surface area (Å²) in [5, 5.41) is 47.6. The fraction of sp³-hybridized carbons (Fsp3) is 0.606. The minimum Gasteiger partial charge on any atom is -0.460 e. The zero-order valence-electron chi connectivity index (χ0n) is 51.7. The Bertz CT molecular complexity index is 2810. The Morgan fingerprint density at radius 1 is 0.977 bits per heavy atom. The van der Waals surface area contributed by atoms with Gasteiger partial charge < -0.3 is 50.2 Å². The molecule has 2 aromatic carbocycles. The molecule has 16 nitrogen and oxygen atoms in total. The molecule has 20 heteroatoms. The van der Waals surface area contributed by atoms with Crippen LogP contribution in [0.2, 0.25) is 0 Å². The van der Waals surface area contributed by atoms with Crippen LogP contribution in [0.15, 0.2) is 93.9 Å². The standard InChI is InChI=1S/C66H91F3N4O12S/c1-12-13-18-39(4)32-51(72-46-24-26-47(27-25-46)86-62(71)49(37-70)48-19-14-15-20-50(48)66(67,68)69)55-29-22-44(9)65(81,85-55)61(78)63(79)73-30-17-16-21-52(73)64(80)84-56(41(6)34-45-23-28-53(74)57(35-45)82-10)36-54(75)40(5)33-43(8)59(77)60(83-11)58(76)42(7)31-38(2)3/h12-15,18-20,24-27,33,38,40-42,44-45,51-53,55-57,59-60,72,74,77,81H,16-17,21-23,28-32,34-36,71H2,1-11H3/b13-12+,39-18-,43-33+,62-49+/t40-,41?,42-,44-,45-,51+,52+,53-,55+,56+,57-,59-,60+,65-/m1/s1. The molecule has 5 rings (SSSR count). The number of esters is 1. The molecule has 474 valence electrons. The lowest BCUT2D eigenvalue weighted by Crippen LogP contribution is -2.62. The third-order valence-corrected chi connectivity index (χ3v) is 18.0. The molecule has 3 fully saturated rings. The molecule has 0 aromatic heterocycles. The Kier molecular flexibility index (Phi) is 26.9. The second-order valence-corrected chi connectivity index (χ2v) is 25.4. The van der Waals surface area contributed by atoms with E-state index in [1.807, 2.05) is 58.9 Å². The van der Waals surface area contributed by atoms with Crippen LogP contribution < -0.4 is 11.1 Å². The number of allylic oxidation sites excluding steroid dienone is 5. The quantitative estimate of drug-likeness (QED) is 0.0133. The van der Waals surface area contributed by atoms with Gasteiger partial charge in [0.1, 0.15) is 36.2 Å². The van der Waals surface area contributed by atoms with Crippen molar-refractivity contribution in [3.63, 3.8) is 0 Å². The van der Waals surface area contributed by atoms with Crippen molar-refractivity contribution in [2.75, 3.05) is 26.1 Å². The van der Waals surface area contributed by atoms with Crippen LogP contribution in [0.5, 0.6) is 0 Å². The summed E-state index contributed by atoms with van der Waals surface area (Å²) in [6.45, 7) is 16.4. The maximum Gasteiger partial charge on any atom is 0.417 e. The Morgan fingerprint density at radius 2 is 1.66 bits per heavy atom. The van der Waals surface area contributed by atoms with Gasteiger partial charge in [0.05, 0.1) is 40.5 Å². The largest absolute Gasteiger partial charge is 0.460 e. The lowest BCUT2D eigenvalue weighted by Gasteiger charge is -2.44. The molecule has 14 atom stereocenters. The van der Waals surface area contributed by atoms with Crippen LogP contribution in [-0.2, 0) is 49.1 Å². The molecule has 0 bridgehead atoms. The molecule has 6 N–H and O–H groups in total. The number of aliphatic hydroxyl groups excluding tert-OH is 2. The van der Waals surface area contributed by atoms with Gasteiger partial charge in [0.25, 0.3) is 11.7 Å². The number of carbonyl (C=O) groups excluding carboxylic acids is 5. The van der Waals surface area contributed by atoms with E-state index in [1.165, 1.54) is 25.3 Å². The highest BCUT2D eigenvalue weighted by Gasteiger charge is 2.54. The van der Waals surface area contributed by atoms with E-state index in [1.54, 1.807) is 65.1 Å². The molecular weight excluding hydrogens is 1130 g/mol. The van der Waals surface area contributed by atoms with E-state index in [0.717, 1.165) is 28.3 Å². The van der Waals surface area contributed by atoms with Gasteiger partial charge in [-0.3, -0.25) is 19.2 Å². The Hall–Kier alpha value is -5.66. The third-order valence-electron chi connectivity index (χ3n) is 17.1. The van der Waals surface area contributed by atoms with Crippen molar-refractivity contribution in [1.82, 2.24) is 4.90 Å². The van der Waals surface area contributed by atoms with E-state index >= 15 is 0 Å². The summed E-state index contributed by atoms with van der Waals surface area (Å²) in [5.74, 6) is -8.48. The molecule has 1 unspecified atom stereocenters. The van der Waals surface area contributed by atoms with E-state index in [4.69, 9.17) is 24.7 Å². The number of carbonyl (C=O) groups is 5. The number of hydrogen-bond acceptors (Lipinski definition) is 16. The number of thioether (sulfide) groups is 1. The zero-order chi connectivity index (χ0) is 63.8. The highest BCUT2D eigenvalue weighted by atomic mass is 32.2. The first-order valence-corrected chi connectivity index (χ1v) is 30.9. The number of aliphatic hydroxyl groups is 3. The number of methoxy groups -OCH3 is 2. The topological polar surface area (TPSA) is 248 Å². The lowest BCUT2D eigenvalue weighted by atomic mass is 9.78. The number of rotatable bonds is 28. The average molecular weight is 1220 g/mol. The Balaban J connectivity index is 1.37. The minimum atomic E-state index is -4.72. The Labute approximate surface area is 510 Å². The second-order valence-electron chi connectivity index (χ2n) is 24.3. The molecule has 2 heterocycles. The molecule has 0 spiro atoms. The lowest BCUT2D eigenvalue weighted by molar-refractivity contribution is -0.264. The Morgan fingerprint density at radius 3 is 2.29 bits per heavy atom. The number of anilines is 1. The van der Waals surface area contributed by atoms with Crippen molar-refractivity contribution in [3.8, 4) is 6.07 Å². The van der Waals surface area contributed by atoms with Gasteiger partial charge in [-0.1, -0.05) is 101 Å². The normalized spacial score (nSPS) is 25.2. The summed E-state index contributed by atoms with van der Waals surface area (Å²) in [5.41, 5.74) is 6.48. The first-order valence-electron chi connectivity index (χ1n) is 30.1. The van der Waals surface area contributed by atoms with Crippen molar-refractivity contribution in [2.24, 2.45) is 41.2 Å². The number of ether oxygens (including phenoxy) is 4. The number of nitrogens with zero attached hydrogens (tertiary/aromatic N) is 2. The van der Waals surface area contributed by atoms with Gasteiger partial charge in [0, 0.05) is 61.1 Å². The number of nitriles is 1. The molecule has 2 aliphatic heterocycles. The van der Waals surface area contributed by atoms with E-state index in [0.29, 0.717) is 73.9 Å². The number of nitrogens with two attached hydrogens (primary N) is 1. The molecule has 2 aromatic rings. The molecule has 1 saturated carbocycles. The van der Waals surface area contributed by atoms with Crippen LogP contribution in [0, 0.1) is 46.8 Å². The van der Waals surface area contributed by atoms with Crippen molar-refractivity contribution in [3.05, 3.63) is 100 Å². The maximum atomic E-state index is 14.7. The minimum absolute atomic E-state index is 0.00164. The van der Waals surface area contributed by atoms with Crippen molar-refractivity contribution < 1.29 is 71.4 Å². The zero-order valence-corrected chi connectivity index (χ0v) is 52.5. The van der Waals surface area contributed by atoms with Crippen LogP contribution >= 0.6 is 11.8 Å². The first kappa shape index (κ1) is 71.1. The van der Waals surface area contributed by atoms with Gasteiger partial charge in [-0.2, -0.15) is 18.4 Å². The molecular formula is C66H91F3N4O12S. The average Bonchev–Trinajstić information content (AvgIpc) is 1.12. The van der Waals surface area contributed by atoms with Crippen LogP contribution in [0.1, 0.15) is 150 Å². The monoisotopic (exact) mass is 1220 g/mol. The summed E-state index contributed by atoms with van der Waals surface area (Å²) >= 11 is 0.923. The summed E-state index contributed by atoms with van der Waals surface area (Å²) in [7, 11) is 2.90. The van der Waals surface area contributed by atoms with Crippen molar-refractivity contribution in [1.29, 1.82) is 5.26 Å². The van der Waals surface area contributed by atoms with Gasteiger partial charge in [0.2, 0.25) is 5.79 Å². The van der Waals surface area contributed by atoms with Crippen molar-refractivity contribution in [2.45, 2.75) is 205 Å². The van der Waals surface area contributed by atoms with Crippen LogP contribution in [0.3, 0.4) is 0 Å². The SMILES string of the molecule is C/C=C/C=C(/C)C[C@H](Nc1ccc(S/C(N)=C(\C#N)c2ccccc2C(F)(F)F)cc1)[C@@H]1CC[C@@H](C)[C@](O)(C(=O)C(=O)N2CCCC[C@H]2C(=O)O[C@@H](CC(=O)[C@H](C)/C=C(\C)[C@@H](O)[C@@H](OC)C(=O)[C@H](C)CC(C)C)C(C)C[C@H]2CC[C@@H](O)[C@H](OC)C2)O1.